The quantitative estimate of drug-likeness (QED) is 0.576. The number of carbonyl (C=O) groups is 1. The molecule has 0 spiro atoms. The lowest BCUT2D eigenvalue weighted by Gasteiger charge is -2.40. The molecule has 4 nitrogen and oxygen atoms in total. The fourth-order valence-corrected chi connectivity index (χ4v) is 5.70. The van der Waals surface area contributed by atoms with Gasteiger partial charge in [0.05, 0.1) is 7.11 Å². The van der Waals surface area contributed by atoms with Gasteiger partial charge in [0.25, 0.3) is 5.91 Å². The van der Waals surface area contributed by atoms with E-state index < -0.39 is 0 Å². The first-order valence-electron chi connectivity index (χ1n) is 11.0. The number of hydrogen-bond acceptors (Lipinski definition) is 4. The van der Waals surface area contributed by atoms with Crippen LogP contribution in [-0.2, 0) is 13.0 Å². The highest BCUT2D eigenvalue weighted by Gasteiger charge is 2.29. The molecule has 3 heterocycles. The second-order valence-electron chi connectivity index (χ2n) is 8.42. The molecule has 2 aromatic carbocycles. The predicted molar refractivity (Wildman–Crippen MR) is 126 cm³/mol. The van der Waals surface area contributed by atoms with Crippen molar-refractivity contribution < 1.29 is 9.53 Å². The average Bonchev–Trinajstić information content (AvgIpc) is 3.32. The van der Waals surface area contributed by atoms with E-state index in [9.17, 15) is 4.79 Å². The summed E-state index contributed by atoms with van der Waals surface area (Å²) in [4.78, 5) is 19.3. The van der Waals surface area contributed by atoms with Crippen LogP contribution < -0.4 is 4.74 Å². The van der Waals surface area contributed by atoms with Crippen LogP contribution in [0.1, 0.15) is 33.6 Å². The van der Waals surface area contributed by atoms with Crippen LogP contribution in [0.15, 0.2) is 60.0 Å². The molecule has 0 N–H and O–H groups in total. The molecule has 2 aliphatic rings. The lowest BCUT2D eigenvalue weighted by molar-refractivity contribution is 0.0600. The maximum atomic E-state index is 13.1. The first-order chi connectivity index (χ1) is 15.2. The summed E-state index contributed by atoms with van der Waals surface area (Å²) < 4.78 is 5.32. The average molecular weight is 433 g/mol. The monoisotopic (exact) mass is 432 g/mol. The Balaban J connectivity index is 1.19. The van der Waals surface area contributed by atoms with Gasteiger partial charge in [0, 0.05) is 42.7 Å². The number of piperidine rings is 1. The van der Waals surface area contributed by atoms with Gasteiger partial charge >= 0.3 is 0 Å². The Labute approximate surface area is 188 Å². The molecule has 31 heavy (non-hydrogen) atoms. The largest absolute Gasteiger partial charge is 0.497 e. The van der Waals surface area contributed by atoms with Gasteiger partial charge in [-0.15, -0.1) is 11.3 Å². The minimum atomic E-state index is 0.148. The van der Waals surface area contributed by atoms with Crippen molar-refractivity contribution in [3.8, 4) is 16.9 Å². The fourth-order valence-electron chi connectivity index (χ4n) is 4.81. The van der Waals surface area contributed by atoms with Crippen LogP contribution in [0, 0.1) is 0 Å². The summed E-state index contributed by atoms with van der Waals surface area (Å²) in [5, 5.41) is 2.22. The zero-order valence-electron chi connectivity index (χ0n) is 17.9. The standard InChI is InChI=1S/C26H28N2O2S/c1-30-24-4-2-3-21(17-24)19-5-7-20(8-6-19)26(29)27-13-9-23(10-14-27)28-15-11-25-22(18-28)12-16-31-25/h2-8,12,16-17,23H,9-11,13-15,18H2,1H3. The van der Waals surface area contributed by atoms with E-state index in [1.807, 2.05) is 58.7 Å². The van der Waals surface area contributed by atoms with E-state index in [0.717, 1.165) is 61.5 Å². The summed E-state index contributed by atoms with van der Waals surface area (Å²) in [5.74, 6) is 0.985. The second kappa shape index (κ2) is 8.85. The Hall–Kier alpha value is -2.63. The van der Waals surface area contributed by atoms with Crippen molar-refractivity contribution in [2.24, 2.45) is 0 Å². The Morgan fingerprint density at radius 3 is 2.58 bits per heavy atom. The highest BCUT2D eigenvalue weighted by molar-refractivity contribution is 7.10. The van der Waals surface area contributed by atoms with Crippen molar-refractivity contribution in [1.29, 1.82) is 0 Å². The van der Waals surface area contributed by atoms with E-state index in [2.05, 4.69) is 22.4 Å². The van der Waals surface area contributed by atoms with Crippen LogP contribution in [0.2, 0.25) is 0 Å². The van der Waals surface area contributed by atoms with Crippen LogP contribution in [0.3, 0.4) is 0 Å². The maximum Gasteiger partial charge on any atom is 0.253 e. The van der Waals surface area contributed by atoms with Gasteiger partial charge in [0.15, 0.2) is 0 Å². The second-order valence-corrected chi connectivity index (χ2v) is 9.42. The number of thiophene rings is 1. The van der Waals surface area contributed by atoms with Gasteiger partial charge in [0.1, 0.15) is 5.75 Å². The third kappa shape index (κ3) is 4.25. The summed E-state index contributed by atoms with van der Waals surface area (Å²) in [6, 6.07) is 18.8. The molecule has 2 aliphatic heterocycles. The Morgan fingerprint density at radius 2 is 1.81 bits per heavy atom. The summed E-state index contributed by atoms with van der Waals surface area (Å²) in [6.45, 7) is 3.91. The van der Waals surface area contributed by atoms with Gasteiger partial charge in [-0.3, -0.25) is 9.69 Å². The zero-order valence-corrected chi connectivity index (χ0v) is 18.7. The molecule has 5 heteroatoms. The van der Waals surface area contributed by atoms with Crippen LogP contribution >= 0.6 is 11.3 Å². The number of likely N-dealkylation sites (tertiary alicyclic amines) is 1. The molecule has 1 amide bonds. The molecule has 0 unspecified atom stereocenters. The van der Waals surface area contributed by atoms with Crippen molar-refractivity contribution in [3.63, 3.8) is 0 Å². The molecule has 0 bridgehead atoms. The van der Waals surface area contributed by atoms with E-state index in [1.54, 1.807) is 12.0 Å². The van der Waals surface area contributed by atoms with Gasteiger partial charge < -0.3 is 9.64 Å². The summed E-state index contributed by atoms with van der Waals surface area (Å²) in [5.41, 5.74) is 4.46. The summed E-state index contributed by atoms with van der Waals surface area (Å²) >= 11 is 1.89. The van der Waals surface area contributed by atoms with Gasteiger partial charge in [0.2, 0.25) is 0 Å². The third-order valence-electron chi connectivity index (χ3n) is 6.64. The SMILES string of the molecule is COc1cccc(-c2ccc(C(=O)N3CCC(N4CCc5sccc5C4)CC3)cc2)c1. The lowest BCUT2D eigenvalue weighted by atomic mass is 9.98. The Bertz CT molecular complexity index is 1050. The number of hydrogen-bond donors (Lipinski definition) is 0. The maximum absolute atomic E-state index is 13.1. The molecule has 0 aliphatic carbocycles. The smallest absolute Gasteiger partial charge is 0.253 e. The lowest BCUT2D eigenvalue weighted by Crippen LogP contribution is -2.47. The normalized spacial score (nSPS) is 17.4. The summed E-state index contributed by atoms with van der Waals surface area (Å²) in [7, 11) is 1.68. The van der Waals surface area contributed by atoms with Gasteiger partial charge in [-0.05, 0) is 71.7 Å². The topological polar surface area (TPSA) is 32.8 Å². The molecule has 0 saturated carbocycles. The molecular formula is C26H28N2O2S. The van der Waals surface area contributed by atoms with Crippen LogP contribution in [0.4, 0.5) is 0 Å². The van der Waals surface area contributed by atoms with Crippen molar-refractivity contribution in [2.45, 2.75) is 31.8 Å². The first kappa shape index (κ1) is 20.3. The van der Waals surface area contributed by atoms with E-state index in [1.165, 1.54) is 12.0 Å². The van der Waals surface area contributed by atoms with Gasteiger partial charge in [-0.1, -0.05) is 24.3 Å². The first-order valence-corrected chi connectivity index (χ1v) is 11.9. The van der Waals surface area contributed by atoms with Crippen molar-refractivity contribution in [2.75, 3.05) is 26.7 Å². The van der Waals surface area contributed by atoms with E-state index in [0.29, 0.717) is 6.04 Å². The number of rotatable bonds is 4. The number of carbonyl (C=O) groups excluding carboxylic acids is 1. The molecule has 1 fully saturated rings. The van der Waals surface area contributed by atoms with Crippen molar-refractivity contribution in [3.05, 3.63) is 76.0 Å². The number of methoxy groups -OCH3 is 1. The van der Waals surface area contributed by atoms with E-state index in [4.69, 9.17) is 4.74 Å². The van der Waals surface area contributed by atoms with Crippen molar-refractivity contribution in [1.82, 2.24) is 9.80 Å². The van der Waals surface area contributed by atoms with Crippen LogP contribution in [0.25, 0.3) is 11.1 Å². The molecule has 160 valence electrons. The molecule has 1 saturated heterocycles. The molecule has 3 aromatic rings. The molecule has 0 radical (unpaired) electrons. The minimum Gasteiger partial charge on any atom is -0.497 e. The fraction of sp³-hybridized carbons (Fsp3) is 0.346. The number of fused-ring (bicyclic) bond motifs is 1. The molecular weight excluding hydrogens is 404 g/mol. The van der Waals surface area contributed by atoms with Crippen molar-refractivity contribution >= 4 is 17.2 Å². The molecule has 1 aromatic heterocycles. The highest BCUT2D eigenvalue weighted by Crippen LogP contribution is 2.29. The van der Waals surface area contributed by atoms with Gasteiger partial charge in [-0.25, -0.2) is 0 Å². The number of benzene rings is 2. The van der Waals surface area contributed by atoms with E-state index >= 15 is 0 Å². The van der Waals surface area contributed by atoms with Crippen LogP contribution in [-0.4, -0.2) is 48.5 Å². The number of ether oxygens (including phenoxy) is 1. The zero-order chi connectivity index (χ0) is 21.2. The predicted octanol–water partition coefficient (Wildman–Crippen LogP) is 5.09. The number of amides is 1. The Morgan fingerprint density at radius 1 is 1.00 bits per heavy atom. The molecule has 0 atom stereocenters. The summed E-state index contributed by atoms with van der Waals surface area (Å²) in [6.07, 6.45) is 3.30. The van der Waals surface area contributed by atoms with E-state index in [-0.39, 0.29) is 5.91 Å². The van der Waals surface area contributed by atoms with Crippen LogP contribution in [0.5, 0.6) is 5.75 Å². The Kier molecular flexibility index (Phi) is 5.79. The minimum absolute atomic E-state index is 0.148. The number of nitrogens with zero attached hydrogens (tertiary/aromatic N) is 2. The van der Waals surface area contributed by atoms with Gasteiger partial charge in [-0.2, -0.15) is 0 Å². The third-order valence-corrected chi connectivity index (χ3v) is 7.66. The highest BCUT2D eigenvalue weighted by atomic mass is 32.1. The molecule has 5 rings (SSSR count).